The van der Waals surface area contributed by atoms with Gasteiger partial charge in [-0.15, -0.1) is 11.3 Å². The van der Waals surface area contributed by atoms with Gasteiger partial charge in [0.1, 0.15) is 0 Å². The minimum absolute atomic E-state index is 0.144. The number of sulfonamides is 1. The van der Waals surface area contributed by atoms with Crippen molar-refractivity contribution in [1.29, 1.82) is 0 Å². The zero-order chi connectivity index (χ0) is 14.4. The van der Waals surface area contributed by atoms with E-state index < -0.39 is 10.0 Å². The van der Waals surface area contributed by atoms with Crippen molar-refractivity contribution in [3.63, 3.8) is 0 Å². The van der Waals surface area contributed by atoms with Crippen LogP contribution in [0.15, 0.2) is 29.6 Å². The SMILES string of the molecule is CCCNCCCS(=O)(=O)Nc1ccc2sccc2c1. The maximum Gasteiger partial charge on any atom is 0.232 e. The molecule has 0 unspecified atom stereocenters. The highest BCUT2D eigenvalue weighted by atomic mass is 32.2. The van der Waals surface area contributed by atoms with Crippen LogP contribution in [-0.2, 0) is 10.0 Å². The molecule has 0 radical (unpaired) electrons. The van der Waals surface area contributed by atoms with Gasteiger partial charge >= 0.3 is 0 Å². The summed E-state index contributed by atoms with van der Waals surface area (Å²) >= 11 is 1.65. The Morgan fingerprint density at radius 2 is 2.05 bits per heavy atom. The van der Waals surface area contributed by atoms with Crippen molar-refractivity contribution in [1.82, 2.24) is 5.32 Å². The van der Waals surface area contributed by atoms with Gasteiger partial charge in [0.15, 0.2) is 0 Å². The Bertz CT molecular complexity index is 650. The van der Waals surface area contributed by atoms with Crippen LogP contribution in [0.1, 0.15) is 19.8 Å². The summed E-state index contributed by atoms with van der Waals surface area (Å²) in [5.41, 5.74) is 0.636. The highest BCUT2D eigenvalue weighted by Gasteiger charge is 2.10. The predicted molar refractivity (Wildman–Crippen MR) is 87.0 cm³/mol. The average Bonchev–Trinajstić information content (AvgIpc) is 2.85. The Balaban J connectivity index is 1.90. The smallest absolute Gasteiger partial charge is 0.232 e. The van der Waals surface area contributed by atoms with Gasteiger partial charge < -0.3 is 5.32 Å². The Labute approximate surface area is 124 Å². The first-order valence-electron chi connectivity index (χ1n) is 6.79. The first-order valence-corrected chi connectivity index (χ1v) is 9.32. The van der Waals surface area contributed by atoms with Crippen molar-refractivity contribution in [2.45, 2.75) is 19.8 Å². The van der Waals surface area contributed by atoms with E-state index in [4.69, 9.17) is 0 Å². The molecule has 1 aromatic carbocycles. The van der Waals surface area contributed by atoms with Crippen LogP contribution in [0, 0.1) is 0 Å². The predicted octanol–water partition coefficient (Wildman–Crippen LogP) is 3.03. The monoisotopic (exact) mass is 312 g/mol. The number of benzene rings is 1. The Morgan fingerprint density at radius 3 is 2.85 bits per heavy atom. The zero-order valence-corrected chi connectivity index (χ0v) is 13.2. The summed E-state index contributed by atoms with van der Waals surface area (Å²) in [6.07, 6.45) is 1.68. The lowest BCUT2D eigenvalue weighted by Gasteiger charge is -2.08. The molecule has 20 heavy (non-hydrogen) atoms. The van der Waals surface area contributed by atoms with Gasteiger partial charge in [-0.1, -0.05) is 6.92 Å². The van der Waals surface area contributed by atoms with Crippen LogP contribution in [0.5, 0.6) is 0 Å². The molecule has 0 bridgehead atoms. The highest BCUT2D eigenvalue weighted by Crippen LogP contribution is 2.24. The van der Waals surface area contributed by atoms with E-state index in [1.165, 1.54) is 0 Å². The van der Waals surface area contributed by atoms with Crippen molar-refractivity contribution < 1.29 is 8.42 Å². The van der Waals surface area contributed by atoms with Gasteiger partial charge in [-0.2, -0.15) is 0 Å². The van der Waals surface area contributed by atoms with Gasteiger partial charge in [0.25, 0.3) is 0 Å². The van der Waals surface area contributed by atoms with E-state index in [9.17, 15) is 8.42 Å². The highest BCUT2D eigenvalue weighted by molar-refractivity contribution is 7.92. The Kier molecular flexibility index (Phi) is 5.39. The normalized spacial score (nSPS) is 11.8. The van der Waals surface area contributed by atoms with Crippen LogP contribution in [-0.4, -0.2) is 27.3 Å². The van der Waals surface area contributed by atoms with Crippen molar-refractivity contribution in [2.75, 3.05) is 23.6 Å². The second-order valence-corrected chi connectivity index (χ2v) is 7.49. The van der Waals surface area contributed by atoms with Gasteiger partial charge in [-0.25, -0.2) is 8.42 Å². The minimum Gasteiger partial charge on any atom is -0.317 e. The quantitative estimate of drug-likeness (QED) is 0.737. The molecule has 0 fully saturated rings. The molecule has 110 valence electrons. The Morgan fingerprint density at radius 1 is 1.20 bits per heavy atom. The number of anilines is 1. The van der Waals surface area contributed by atoms with E-state index in [0.29, 0.717) is 12.1 Å². The van der Waals surface area contributed by atoms with E-state index in [0.717, 1.165) is 29.6 Å². The fourth-order valence-electron chi connectivity index (χ4n) is 1.95. The molecule has 0 saturated heterocycles. The third-order valence-corrected chi connectivity index (χ3v) is 5.19. The fourth-order valence-corrected chi connectivity index (χ4v) is 3.83. The van der Waals surface area contributed by atoms with Crippen molar-refractivity contribution >= 4 is 37.1 Å². The average molecular weight is 312 g/mol. The molecule has 0 aliphatic heterocycles. The zero-order valence-electron chi connectivity index (χ0n) is 11.6. The summed E-state index contributed by atoms with van der Waals surface area (Å²) < 4.78 is 27.7. The van der Waals surface area contributed by atoms with Crippen LogP contribution in [0.2, 0.25) is 0 Å². The van der Waals surface area contributed by atoms with Gasteiger partial charge in [-0.3, -0.25) is 4.72 Å². The fraction of sp³-hybridized carbons (Fsp3) is 0.429. The van der Waals surface area contributed by atoms with E-state index in [-0.39, 0.29) is 5.75 Å². The molecular formula is C14H20N2O2S2. The van der Waals surface area contributed by atoms with E-state index in [1.54, 1.807) is 11.3 Å². The van der Waals surface area contributed by atoms with Crippen molar-refractivity contribution in [3.05, 3.63) is 29.6 Å². The number of hydrogen-bond donors (Lipinski definition) is 2. The van der Waals surface area contributed by atoms with Crippen molar-refractivity contribution in [3.8, 4) is 0 Å². The summed E-state index contributed by atoms with van der Waals surface area (Å²) in [5, 5.41) is 6.27. The number of thiophene rings is 1. The van der Waals surface area contributed by atoms with Crippen LogP contribution >= 0.6 is 11.3 Å². The second-order valence-electron chi connectivity index (χ2n) is 4.70. The second kappa shape index (κ2) is 7.06. The van der Waals surface area contributed by atoms with Crippen LogP contribution in [0.3, 0.4) is 0 Å². The molecule has 1 heterocycles. The third kappa shape index (κ3) is 4.47. The molecule has 2 rings (SSSR count). The maximum absolute atomic E-state index is 12.0. The summed E-state index contributed by atoms with van der Waals surface area (Å²) in [7, 11) is -3.26. The standard InChI is InChI=1S/C14H20N2O2S2/c1-2-7-15-8-3-10-20(17,18)16-13-4-5-14-12(11-13)6-9-19-14/h4-6,9,11,15-16H,2-3,7-8,10H2,1H3. The summed E-state index contributed by atoms with van der Waals surface area (Å²) in [6, 6.07) is 7.62. The van der Waals surface area contributed by atoms with Crippen LogP contribution in [0.4, 0.5) is 5.69 Å². The molecule has 4 nitrogen and oxygen atoms in total. The van der Waals surface area contributed by atoms with Gasteiger partial charge in [0, 0.05) is 10.4 Å². The molecule has 2 aromatic rings. The van der Waals surface area contributed by atoms with Gasteiger partial charge in [0.05, 0.1) is 5.75 Å². The van der Waals surface area contributed by atoms with E-state index in [2.05, 4.69) is 17.0 Å². The Hall–Kier alpha value is -1.11. The lowest BCUT2D eigenvalue weighted by atomic mass is 10.2. The number of hydrogen-bond acceptors (Lipinski definition) is 4. The summed E-state index contributed by atoms with van der Waals surface area (Å²) in [6.45, 7) is 3.76. The third-order valence-electron chi connectivity index (χ3n) is 2.92. The van der Waals surface area contributed by atoms with Crippen LogP contribution in [0.25, 0.3) is 10.1 Å². The number of fused-ring (bicyclic) bond motifs is 1. The molecule has 0 amide bonds. The molecule has 6 heteroatoms. The lowest BCUT2D eigenvalue weighted by Crippen LogP contribution is -2.22. The first-order chi connectivity index (χ1) is 9.61. The summed E-state index contributed by atoms with van der Waals surface area (Å²) in [5.74, 6) is 0.144. The molecule has 2 N–H and O–H groups in total. The topological polar surface area (TPSA) is 58.2 Å². The molecular weight excluding hydrogens is 292 g/mol. The largest absolute Gasteiger partial charge is 0.317 e. The van der Waals surface area contributed by atoms with E-state index in [1.807, 2.05) is 29.6 Å². The maximum atomic E-state index is 12.0. The van der Waals surface area contributed by atoms with Gasteiger partial charge in [0.2, 0.25) is 10.0 Å². The van der Waals surface area contributed by atoms with Crippen molar-refractivity contribution in [2.24, 2.45) is 0 Å². The number of rotatable bonds is 8. The molecule has 0 aliphatic carbocycles. The molecule has 0 spiro atoms. The molecule has 1 aromatic heterocycles. The minimum atomic E-state index is -3.26. The first kappa shape index (κ1) is 15.3. The molecule has 0 saturated carbocycles. The van der Waals surface area contributed by atoms with E-state index >= 15 is 0 Å². The number of nitrogens with one attached hydrogen (secondary N) is 2. The van der Waals surface area contributed by atoms with Gasteiger partial charge in [-0.05, 0) is 61.0 Å². The summed E-state index contributed by atoms with van der Waals surface area (Å²) in [4.78, 5) is 0. The lowest BCUT2D eigenvalue weighted by molar-refractivity contribution is 0.593. The van der Waals surface area contributed by atoms with Crippen LogP contribution < -0.4 is 10.0 Å². The molecule has 0 atom stereocenters. The molecule has 0 aliphatic rings.